The second kappa shape index (κ2) is 10.0. The number of hydrogen-bond donors (Lipinski definition) is 1. The van der Waals surface area contributed by atoms with Crippen LogP contribution in [0.15, 0.2) is 60.0 Å². The van der Waals surface area contributed by atoms with Crippen molar-refractivity contribution in [3.63, 3.8) is 0 Å². The predicted molar refractivity (Wildman–Crippen MR) is 128 cm³/mol. The second-order valence-corrected chi connectivity index (χ2v) is 9.09. The number of methoxy groups -OCH3 is 1. The first-order valence-corrected chi connectivity index (χ1v) is 11.7. The van der Waals surface area contributed by atoms with Gasteiger partial charge in [0.1, 0.15) is 5.75 Å². The van der Waals surface area contributed by atoms with Crippen molar-refractivity contribution < 1.29 is 14.3 Å². The summed E-state index contributed by atoms with van der Waals surface area (Å²) < 4.78 is 5.32. The van der Waals surface area contributed by atoms with E-state index in [9.17, 15) is 9.59 Å². The molecule has 1 aliphatic rings. The predicted octanol–water partition coefficient (Wildman–Crippen LogP) is 4.09. The summed E-state index contributed by atoms with van der Waals surface area (Å²) in [5.41, 5.74) is 4.26. The third-order valence-corrected chi connectivity index (χ3v) is 6.83. The lowest BCUT2D eigenvalue weighted by Gasteiger charge is -2.24. The van der Waals surface area contributed by atoms with Gasteiger partial charge >= 0.3 is 0 Å². The summed E-state index contributed by atoms with van der Waals surface area (Å²) in [4.78, 5) is 28.9. The van der Waals surface area contributed by atoms with Gasteiger partial charge in [-0.3, -0.25) is 9.59 Å². The molecular formula is C26H28N2O3S. The molecule has 0 radical (unpaired) electrons. The molecule has 0 aliphatic carbocycles. The zero-order valence-corrected chi connectivity index (χ0v) is 19.3. The van der Waals surface area contributed by atoms with E-state index in [4.69, 9.17) is 4.74 Å². The Morgan fingerprint density at radius 2 is 2.03 bits per heavy atom. The summed E-state index contributed by atoms with van der Waals surface area (Å²) in [6, 6.07) is 18.2. The molecule has 1 aromatic heterocycles. The fourth-order valence-electron chi connectivity index (χ4n) is 4.26. The highest BCUT2D eigenvalue weighted by Crippen LogP contribution is 2.30. The summed E-state index contributed by atoms with van der Waals surface area (Å²) in [6.07, 6.45) is 0.920. The van der Waals surface area contributed by atoms with Crippen LogP contribution in [0.4, 0.5) is 0 Å². The maximum atomic E-state index is 13.1. The minimum absolute atomic E-state index is 0.0153. The van der Waals surface area contributed by atoms with Crippen molar-refractivity contribution >= 4 is 23.2 Å². The van der Waals surface area contributed by atoms with Crippen molar-refractivity contribution in [1.82, 2.24) is 10.2 Å². The topological polar surface area (TPSA) is 58.6 Å². The Balaban J connectivity index is 1.49. The molecule has 0 bridgehead atoms. The molecule has 2 heterocycles. The smallest absolute Gasteiger partial charge is 0.227 e. The number of ether oxygens (including phenoxy) is 1. The molecule has 166 valence electrons. The molecule has 6 heteroatoms. The van der Waals surface area contributed by atoms with Crippen molar-refractivity contribution in [3.8, 4) is 16.2 Å². The van der Waals surface area contributed by atoms with E-state index in [0.717, 1.165) is 28.0 Å². The molecule has 32 heavy (non-hydrogen) atoms. The van der Waals surface area contributed by atoms with Gasteiger partial charge in [0.05, 0.1) is 19.4 Å². The quantitative estimate of drug-likeness (QED) is 0.618. The monoisotopic (exact) mass is 448 g/mol. The van der Waals surface area contributed by atoms with Crippen LogP contribution in [-0.2, 0) is 22.4 Å². The summed E-state index contributed by atoms with van der Waals surface area (Å²) in [6.45, 7) is 3.42. The minimum Gasteiger partial charge on any atom is -0.496 e. The molecule has 0 unspecified atom stereocenters. The summed E-state index contributed by atoms with van der Waals surface area (Å²) in [7, 11) is 1.64. The summed E-state index contributed by atoms with van der Waals surface area (Å²) in [5.74, 6) is 0.597. The van der Waals surface area contributed by atoms with Gasteiger partial charge in [-0.1, -0.05) is 42.5 Å². The number of nitrogens with one attached hydrogen (secondary N) is 1. The van der Waals surface area contributed by atoms with Gasteiger partial charge in [0.15, 0.2) is 0 Å². The fourth-order valence-corrected chi connectivity index (χ4v) is 5.04. The molecule has 1 atom stereocenters. The van der Waals surface area contributed by atoms with Crippen molar-refractivity contribution in [1.29, 1.82) is 0 Å². The highest BCUT2D eigenvalue weighted by Gasteiger charge is 2.28. The molecule has 2 aromatic carbocycles. The van der Waals surface area contributed by atoms with Gasteiger partial charge in [-0.25, -0.2) is 0 Å². The zero-order chi connectivity index (χ0) is 22.5. The van der Waals surface area contributed by atoms with Gasteiger partial charge in [-0.05, 0) is 53.1 Å². The van der Waals surface area contributed by atoms with Crippen LogP contribution in [0.2, 0.25) is 0 Å². The first kappa shape index (κ1) is 22.1. The van der Waals surface area contributed by atoms with E-state index >= 15 is 0 Å². The standard InChI is InChI=1S/C26H28N2O3S/c1-18-14-19(9-10-23(18)31-2)15-25(29)28-12-11-27-26(30)21(17-28)16-20-6-3-4-7-22(20)24-8-5-13-32-24/h3-10,13-14,21H,11-12,15-17H2,1-2H3,(H,27,30)/t21-/m0/s1. The molecule has 1 fully saturated rings. The van der Waals surface area contributed by atoms with Crippen LogP contribution in [0.25, 0.3) is 10.4 Å². The van der Waals surface area contributed by atoms with Gasteiger partial charge in [0.25, 0.3) is 0 Å². The lowest BCUT2D eigenvalue weighted by atomic mass is 9.94. The number of carbonyl (C=O) groups excluding carboxylic acids is 2. The number of carbonyl (C=O) groups is 2. The van der Waals surface area contributed by atoms with E-state index in [0.29, 0.717) is 32.5 Å². The molecular weight excluding hydrogens is 420 g/mol. The maximum Gasteiger partial charge on any atom is 0.227 e. The Bertz CT molecular complexity index is 1090. The first-order chi connectivity index (χ1) is 15.5. The highest BCUT2D eigenvalue weighted by molar-refractivity contribution is 7.13. The lowest BCUT2D eigenvalue weighted by molar-refractivity contribution is -0.131. The Morgan fingerprint density at radius 1 is 1.19 bits per heavy atom. The number of benzene rings is 2. The molecule has 4 rings (SSSR count). The van der Waals surface area contributed by atoms with Crippen LogP contribution in [0, 0.1) is 12.8 Å². The number of thiophene rings is 1. The molecule has 5 nitrogen and oxygen atoms in total. The first-order valence-electron chi connectivity index (χ1n) is 10.9. The van der Waals surface area contributed by atoms with Crippen molar-refractivity contribution in [2.45, 2.75) is 19.8 Å². The summed E-state index contributed by atoms with van der Waals surface area (Å²) >= 11 is 1.69. The fraction of sp³-hybridized carbons (Fsp3) is 0.308. The number of rotatable bonds is 6. The summed E-state index contributed by atoms with van der Waals surface area (Å²) in [5, 5.41) is 5.06. The maximum absolute atomic E-state index is 13.1. The zero-order valence-electron chi connectivity index (χ0n) is 18.5. The average molecular weight is 449 g/mol. The normalized spacial score (nSPS) is 16.4. The lowest BCUT2D eigenvalue weighted by Crippen LogP contribution is -2.38. The van der Waals surface area contributed by atoms with E-state index in [-0.39, 0.29) is 17.7 Å². The van der Waals surface area contributed by atoms with Crippen LogP contribution in [0.5, 0.6) is 5.75 Å². The van der Waals surface area contributed by atoms with Gasteiger partial charge in [0.2, 0.25) is 11.8 Å². The molecule has 0 spiro atoms. The average Bonchev–Trinajstić information content (AvgIpc) is 3.26. The van der Waals surface area contributed by atoms with Crippen molar-refractivity contribution in [3.05, 3.63) is 76.7 Å². The number of amides is 2. The van der Waals surface area contributed by atoms with Crippen molar-refractivity contribution in [2.24, 2.45) is 5.92 Å². The highest BCUT2D eigenvalue weighted by atomic mass is 32.1. The Morgan fingerprint density at radius 3 is 2.78 bits per heavy atom. The Kier molecular flexibility index (Phi) is 6.90. The molecule has 1 saturated heterocycles. The van der Waals surface area contributed by atoms with E-state index in [1.807, 2.05) is 48.2 Å². The largest absolute Gasteiger partial charge is 0.496 e. The van der Waals surface area contributed by atoms with Gasteiger partial charge in [0, 0.05) is 24.5 Å². The van der Waals surface area contributed by atoms with E-state index in [1.165, 1.54) is 4.88 Å². The number of hydrogen-bond acceptors (Lipinski definition) is 4. The third-order valence-electron chi connectivity index (χ3n) is 5.93. The Labute approximate surface area is 193 Å². The number of nitrogens with zero attached hydrogens (tertiary/aromatic N) is 1. The van der Waals surface area contributed by atoms with Crippen molar-refractivity contribution in [2.75, 3.05) is 26.7 Å². The van der Waals surface area contributed by atoms with Crippen LogP contribution < -0.4 is 10.1 Å². The van der Waals surface area contributed by atoms with E-state index < -0.39 is 0 Å². The molecule has 3 aromatic rings. The molecule has 0 saturated carbocycles. The van der Waals surface area contributed by atoms with E-state index in [2.05, 4.69) is 28.9 Å². The van der Waals surface area contributed by atoms with Crippen LogP contribution >= 0.6 is 11.3 Å². The third kappa shape index (κ3) is 5.02. The SMILES string of the molecule is COc1ccc(CC(=O)N2CCNC(=O)[C@@H](Cc3ccccc3-c3cccs3)C2)cc1C. The van der Waals surface area contributed by atoms with Gasteiger partial charge < -0.3 is 15.0 Å². The van der Waals surface area contributed by atoms with Crippen LogP contribution in [-0.4, -0.2) is 43.5 Å². The number of aryl methyl sites for hydroxylation is 1. The Hall–Kier alpha value is -3.12. The molecule has 1 aliphatic heterocycles. The molecule has 2 amide bonds. The molecule has 1 N–H and O–H groups in total. The van der Waals surface area contributed by atoms with E-state index in [1.54, 1.807) is 18.4 Å². The van der Waals surface area contributed by atoms with Crippen LogP contribution in [0.3, 0.4) is 0 Å². The second-order valence-electron chi connectivity index (χ2n) is 8.15. The van der Waals surface area contributed by atoms with Gasteiger partial charge in [-0.2, -0.15) is 0 Å². The minimum atomic E-state index is -0.278. The van der Waals surface area contributed by atoms with Crippen LogP contribution in [0.1, 0.15) is 16.7 Å². The van der Waals surface area contributed by atoms with Gasteiger partial charge in [-0.15, -0.1) is 11.3 Å².